The quantitative estimate of drug-likeness (QED) is 0.879. The zero-order chi connectivity index (χ0) is 13.6. The standard InChI is InChI=1S/C14H15N3O/c1-3-14(4-2,10-16)17-13(18)12-7-5-11(9-15)6-8-12/h5-8H,3-4H2,1-2H3,(H,17,18). The van der Waals surface area contributed by atoms with Crippen molar-refractivity contribution < 1.29 is 4.79 Å². The molecule has 1 rings (SSSR count). The van der Waals surface area contributed by atoms with Crippen molar-refractivity contribution in [3.8, 4) is 12.1 Å². The number of benzene rings is 1. The summed E-state index contributed by atoms with van der Waals surface area (Å²) in [6, 6.07) is 10.5. The summed E-state index contributed by atoms with van der Waals surface area (Å²) in [5, 5.41) is 20.6. The molecule has 92 valence electrons. The van der Waals surface area contributed by atoms with E-state index in [1.807, 2.05) is 19.9 Å². The van der Waals surface area contributed by atoms with Crippen molar-refractivity contribution in [2.75, 3.05) is 0 Å². The summed E-state index contributed by atoms with van der Waals surface area (Å²) in [4.78, 5) is 12.0. The predicted molar refractivity (Wildman–Crippen MR) is 67.5 cm³/mol. The van der Waals surface area contributed by atoms with Gasteiger partial charge in [-0.15, -0.1) is 0 Å². The normalized spacial score (nSPS) is 10.2. The molecule has 0 spiro atoms. The van der Waals surface area contributed by atoms with Gasteiger partial charge in [-0.3, -0.25) is 4.79 Å². The van der Waals surface area contributed by atoms with E-state index in [-0.39, 0.29) is 5.91 Å². The summed E-state index contributed by atoms with van der Waals surface area (Å²) in [5.74, 6) is -0.287. The third kappa shape index (κ3) is 2.87. The zero-order valence-corrected chi connectivity index (χ0v) is 10.5. The van der Waals surface area contributed by atoms with Crippen LogP contribution in [0, 0.1) is 22.7 Å². The van der Waals surface area contributed by atoms with Crippen molar-refractivity contribution in [2.24, 2.45) is 0 Å². The van der Waals surface area contributed by atoms with E-state index in [1.54, 1.807) is 24.3 Å². The van der Waals surface area contributed by atoms with Crippen LogP contribution in [0.5, 0.6) is 0 Å². The molecule has 0 saturated carbocycles. The van der Waals surface area contributed by atoms with Gasteiger partial charge in [-0.25, -0.2) is 0 Å². The molecule has 0 fully saturated rings. The lowest BCUT2D eigenvalue weighted by Gasteiger charge is -2.24. The van der Waals surface area contributed by atoms with Gasteiger partial charge in [-0.2, -0.15) is 10.5 Å². The number of nitrogens with one attached hydrogen (secondary N) is 1. The molecule has 18 heavy (non-hydrogen) atoms. The predicted octanol–water partition coefficient (Wildman–Crippen LogP) is 2.37. The van der Waals surface area contributed by atoms with Gasteiger partial charge in [0.1, 0.15) is 5.54 Å². The SMILES string of the molecule is CCC(C#N)(CC)NC(=O)c1ccc(C#N)cc1. The maximum Gasteiger partial charge on any atom is 0.252 e. The highest BCUT2D eigenvalue weighted by molar-refractivity contribution is 5.95. The first kappa shape index (κ1) is 13.7. The number of nitriles is 2. The first-order valence-corrected chi connectivity index (χ1v) is 5.84. The Morgan fingerprint density at radius 1 is 1.22 bits per heavy atom. The molecule has 1 amide bonds. The number of rotatable bonds is 4. The molecule has 0 atom stereocenters. The van der Waals surface area contributed by atoms with E-state index in [9.17, 15) is 4.79 Å². The molecule has 1 aromatic carbocycles. The van der Waals surface area contributed by atoms with E-state index in [0.29, 0.717) is 24.0 Å². The molecular formula is C14H15N3O. The Kier molecular flexibility index (Phi) is 4.45. The average Bonchev–Trinajstić information content (AvgIpc) is 2.45. The lowest BCUT2D eigenvalue weighted by molar-refractivity contribution is 0.0915. The lowest BCUT2D eigenvalue weighted by Crippen LogP contribution is -2.46. The van der Waals surface area contributed by atoms with E-state index in [1.165, 1.54) is 0 Å². The number of hydrogen-bond donors (Lipinski definition) is 1. The van der Waals surface area contributed by atoms with Crippen LogP contribution < -0.4 is 5.32 Å². The number of amides is 1. The Morgan fingerprint density at radius 3 is 2.17 bits per heavy atom. The van der Waals surface area contributed by atoms with Gasteiger partial charge in [0.05, 0.1) is 17.7 Å². The van der Waals surface area contributed by atoms with Gasteiger partial charge in [-0.05, 0) is 37.1 Å². The number of hydrogen-bond acceptors (Lipinski definition) is 3. The zero-order valence-electron chi connectivity index (χ0n) is 10.5. The highest BCUT2D eigenvalue weighted by atomic mass is 16.1. The minimum atomic E-state index is -0.815. The lowest BCUT2D eigenvalue weighted by atomic mass is 9.94. The first-order valence-electron chi connectivity index (χ1n) is 5.84. The summed E-state index contributed by atoms with van der Waals surface area (Å²) in [7, 11) is 0. The number of carbonyl (C=O) groups is 1. The molecule has 0 saturated heterocycles. The Morgan fingerprint density at radius 2 is 1.78 bits per heavy atom. The molecule has 1 N–H and O–H groups in total. The van der Waals surface area contributed by atoms with E-state index >= 15 is 0 Å². The van der Waals surface area contributed by atoms with Crippen LogP contribution in [0.3, 0.4) is 0 Å². The summed E-state index contributed by atoms with van der Waals surface area (Å²) < 4.78 is 0. The molecule has 1 aromatic rings. The van der Waals surface area contributed by atoms with E-state index in [4.69, 9.17) is 10.5 Å². The van der Waals surface area contributed by atoms with Crippen molar-refractivity contribution in [3.63, 3.8) is 0 Å². The maximum absolute atomic E-state index is 12.0. The highest BCUT2D eigenvalue weighted by Crippen LogP contribution is 2.15. The van der Waals surface area contributed by atoms with Gasteiger partial charge < -0.3 is 5.32 Å². The molecule has 0 aliphatic carbocycles. The molecule has 4 heteroatoms. The summed E-state index contributed by atoms with van der Waals surface area (Å²) in [5.41, 5.74) is 0.143. The second kappa shape index (κ2) is 5.84. The van der Waals surface area contributed by atoms with Crippen LogP contribution in [0.2, 0.25) is 0 Å². The topological polar surface area (TPSA) is 76.7 Å². The number of nitrogens with zero attached hydrogens (tertiary/aromatic N) is 2. The van der Waals surface area contributed by atoms with Crippen LogP contribution in [0.25, 0.3) is 0 Å². The molecule has 0 aliphatic rings. The van der Waals surface area contributed by atoms with Crippen molar-refractivity contribution in [2.45, 2.75) is 32.2 Å². The fourth-order valence-corrected chi connectivity index (χ4v) is 1.60. The van der Waals surface area contributed by atoms with Crippen molar-refractivity contribution in [3.05, 3.63) is 35.4 Å². The van der Waals surface area contributed by atoms with Crippen LogP contribution in [0.1, 0.15) is 42.6 Å². The van der Waals surface area contributed by atoms with Crippen molar-refractivity contribution >= 4 is 5.91 Å². The molecule has 4 nitrogen and oxygen atoms in total. The van der Waals surface area contributed by atoms with E-state index in [0.717, 1.165) is 0 Å². The molecule has 0 bridgehead atoms. The van der Waals surface area contributed by atoms with Crippen LogP contribution in [-0.4, -0.2) is 11.4 Å². The van der Waals surface area contributed by atoms with Crippen LogP contribution >= 0.6 is 0 Å². The Balaban J connectivity index is 2.88. The van der Waals surface area contributed by atoms with Crippen molar-refractivity contribution in [1.29, 1.82) is 10.5 Å². The molecule has 0 aliphatic heterocycles. The maximum atomic E-state index is 12.0. The molecule has 0 unspecified atom stereocenters. The fourth-order valence-electron chi connectivity index (χ4n) is 1.60. The second-order valence-corrected chi connectivity index (χ2v) is 4.04. The smallest absolute Gasteiger partial charge is 0.252 e. The summed E-state index contributed by atoms with van der Waals surface area (Å²) in [6.07, 6.45) is 1.12. The summed E-state index contributed by atoms with van der Waals surface area (Å²) >= 11 is 0. The third-order valence-corrected chi connectivity index (χ3v) is 3.05. The Bertz CT molecular complexity index is 501. The Labute approximate surface area is 107 Å². The van der Waals surface area contributed by atoms with E-state index < -0.39 is 5.54 Å². The van der Waals surface area contributed by atoms with Gasteiger partial charge in [-0.1, -0.05) is 13.8 Å². The second-order valence-electron chi connectivity index (χ2n) is 4.04. The van der Waals surface area contributed by atoms with Gasteiger partial charge in [0.15, 0.2) is 0 Å². The third-order valence-electron chi connectivity index (χ3n) is 3.05. The van der Waals surface area contributed by atoms with Crippen LogP contribution in [0.4, 0.5) is 0 Å². The monoisotopic (exact) mass is 241 g/mol. The molecule has 0 aromatic heterocycles. The Hall–Kier alpha value is -2.33. The van der Waals surface area contributed by atoms with Crippen LogP contribution in [-0.2, 0) is 0 Å². The van der Waals surface area contributed by atoms with Gasteiger partial charge in [0.25, 0.3) is 5.91 Å². The largest absolute Gasteiger partial charge is 0.334 e. The average molecular weight is 241 g/mol. The van der Waals surface area contributed by atoms with Gasteiger partial charge in [0, 0.05) is 5.56 Å². The van der Waals surface area contributed by atoms with Gasteiger partial charge >= 0.3 is 0 Å². The molecule has 0 heterocycles. The molecular weight excluding hydrogens is 226 g/mol. The number of carbonyl (C=O) groups excluding carboxylic acids is 1. The summed E-state index contributed by atoms with van der Waals surface area (Å²) in [6.45, 7) is 3.73. The van der Waals surface area contributed by atoms with Crippen LogP contribution in [0.15, 0.2) is 24.3 Å². The van der Waals surface area contributed by atoms with Gasteiger partial charge in [0.2, 0.25) is 0 Å². The minimum absolute atomic E-state index is 0.287. The minimum Gasteiger partial charge on any atom is -0.334 e. The fraction of sp³-hybridized carbons (Fsp3) is 0.357. The van der Waals surface area contributed by atoms with E-state index in [2.05, 4.69) is 11.4 Å². The highest BCUT2D eigenvalue weighted by Gasteiger charge is 2.27. The first-order chi connectivity index (χ1) is 8.60. The molecule has 0 radical (unpaired) electrons. The van der Waals surface area contributed by atoms with Crippen molar-refractivity contribution in [1.82, 2.24) is 5.32 Å².